The second-order valence-corrected chi connectivity index (χ2v) is 23.1. The summed E-state index contributed by atoms with van der Waals surface area (Å²) in [4.78, 5) is 46.0. The molecule has 0 unspecified atom stereocenters. The zero-order chi connectivity index (χ0) is 44.2. The van der Waals surface area contributed by atoms with Gasteiger partial charge in [-0.05, 0) is 85.3 Å². The Morgan fingerprint density at radius 2 is 1.68 bits per heavy atom. The highest BCUT2D eigenvalue weighted by molar-refractivity contribution is 6.74. The Balaban J connectivity index is 0.942. The summed E-state index contributed by atoms with van der Waals surface area (Å²) in [5, 5.41) is 17.9. The summed E-state index contributed by atoms with van der Waals surface area (Å²) < 4.78 is 18.9. The van der Waals surface area contributed by atoms with E-state index in [0.29, 0.717) is 62.4 Å². The van der Waals surface area contributed by atoms with Crippen LogP contribution in [0.15, 0.2) is 95.8 Å². The van der Waals surface area contributed by atoms with Crippen molar-refractivity contribution in [3.8, 4) is 22.6 Å². The normalized spacial score (nSPS) is 15.9. The third-order valence-electron chi connectivity index (χ3n) is 13.0. The number of hydrogen-bond acceptors (Lipinski definition) is 9. The number of phenols is 1. The highest BCUT2D eigenvalue weighted by Crippen LogP contribution is 2.42. The number of carbonyl (C=O) groups is 2. The number of aromatic hydroxyl groups is 1. The SMILES string of the molecule is COc1cc2c(cc1CNC[C@H](O[Si](C)(C)C(C)(C)C)c1ccc(O)c3[nH]c(=O)ccc13)CCN2C(=O)CCN1CCC(C)(OC(=O)Nc2ccccc2-c2ccccc2)CC1. The van der Waals surface area contributed by atoms with Crippen molar-refractivity contribution in [2.45, 2.75) is 89.8 Å². The standard InChI is InChI=1S/C49H61N5O7Si/c1-48(2,3)62(6,7)61-43(37-17-19-41(55)46-38(37)18-20-44(56)52-46)32-50-31-35-29-34-21-26-54(40(34)30-42(35)59-5)45(57)22-25-53-27-23-49(4,24-28-53)60-47(58)51-39-16-12-11-15-36(39)33-13-9-8-10-14-33/h8-20,29-30,43,50,55H,21-28,31-32H2,1-7H3,(H,51,58)(H,52,56)/t43-/m0/s1. The van der Waals surface area contributed by atoms with E-state index in [0.717, 1.165) is 58.4 Å². The lowest BCUT2D eigenvalue weighted by atomic mass is 9.93. The molecule has 2 aliphatic rings. The summed E-state index contributed by atoms with van der Waals surface area (Å²) in [6.07, 6.45) is 1.66. The first kappa shape index (κ1) is 44.6. The van der Waals surface area contributed by atoms with Crippen LogP contribution in [0.4, 0.5) is 16.2 Å². The van der Waals surface area contributed by atoms with E-state index in [4.69, 9.17) is 13.9 Å². The molecule has 4 N–H and O–H groups in total. The number of ether oxygens (including phenoxy) is 2. The fraction of sp³-hybridized carbons (Fsp3) is 0.408. The van der Waals surface area contributed by atoms with Gasteiger partial charge in [0.25, 0.3) is 0 Å². The summed E-state index contributed by atoms with van der Waals surface area (Å²) in [6, 6.07) is 28.5. The van der Waals surface area contributed by atoms with Crippen molar-refractivity contribution in [2.75, 3.05) is 50.1 Å². The van der Waals surface area contributed by atoms with E-state index >= 15 is 0 Å². The van der Waals surface area contributed by atoms with Gasteiger partial charge in [0.1, 0.15) is 17.1 Å². The summed E-state index contributed by atoms with van der Waals surface area (Å²) in [5.41, 5.74) is 6.02. The number of pyridine rings is 1. The molecule has 1 saturated heterocycles. The van der Waals surface area contributed by atoms with Crippen LogP contribution in [0.25, 0.3) is 22.0 Å². The van der Waals surface area contributed by atoms with Crippen molar-refractivity contribution >= 4 is 42.6 Å². The number of hydrogen-bond donors (Lipinski definition) is 4. The molecule has 328 valence electrons. The number of fused-ring (bicyclic) bond motifs is 2. The molecule has 1 atom stereocenters. The molecule has 0 saturated carbocycles. The molecule has 0 bridgehead atoms. The molecule has 12 nitrogen and oxygen atoms in total. The summed E-state index contributed by atoms with van der Waals surface area (Å²) in [7, 11) is -0.603. The van der Waals surface area contributed by atoms with Crippen LogP contribution in [0.5, 0.6) is 11.5 Å². The van der Waals surface area contributed by atoms with Gasteiger partial charge in [-0.25, -0.2) is 4.79 Å². The lowest BCUT2D eigenvalue weighted by Crippen LogP contribution is -2.46. The number of anilines is 2. The maximum Gasteiger partial charge on any atom is 0.412 e. The van der Waals surface area contributed by atoms with Crippen LogP contribution in [0.3, 0.4) is 0 Å². The second kappa shape index (κ2) is 18.5. The Labute approximate surface area is 365 Å². The zero-order valence-electron chi connectivity index (χ0n) is 37.1. The summed E-state index contributed by atoms with van der Waals surface area (Å²) in [6.45, 7) is 16.7. The van der Waals surface area contributed by atoms with Crippen LogP contribution < -0.4 is 25.8 Å². The number of phenolic OH excluding ortho intramolecular Hbond substituents is 1. The van der Waals surface area contributed by atoms with Gasteiger partial charge in [-0.1, -0.05) is 75.4 Å². The van der Waals surface area contributed by atoms with Crippen molar-refractivity contribution < 1.29 is 28.6 Å². The molecule has 2 aliphatic heterocycles. The van der Waals surface area contributed by atoms with Crippen LogP contribution in [0.2, 0.25) is 18.1 Å². The monoisotopic (exact) mass is 859 g/mol. The van der Waals surface area contributed by atoms with Gasteiger partial charge in [0.15, 0.2) is 8.32 Å². The summed E-state index contributed by atoms with van der Waals surface area (Å²) >= 11 is 0. The number of likely N-dealkylation sites (tertiary alicyclic amines) is 1. The van der Waals surface area contributed by atoms with Crippen LogP contribution in [0.1, 0.15) is 69.8 Å². The molecule has 13 heteroatoms. The molecule has 62 heavy (non-hydrogen) atoms. The van der Waals surface area contributed by atoms with E-state index in [9.17, 15) is 19.5 Å². The van der Waals surface area contributed by atoms with E-state index in [1.807, 2.05) is 78.6 Å². The smallest absolute Gasteiger partial charge is 0.412 e. The van der Waals surface area contributed by atoms with Crippen molar-refractivity contribution in [3.63, 3.8) is 0 Å². The molecular weight excluding hydrogens is 799 g/mol. The molecule has 4 aromatic carbocycles. The molecular formula is C49H61N5O7Si. The predicted molar refractivity (Wildman–Crippen MR) is 249 cm³/mol. The molecule has 0 spiro atoms. The number of methoxy groups -OCH3 is 1. The van der Waals surface area contributed by atoms with E-state index in [-0.39, 0.29) is 28.4 Å². The molecule has 1 fully saturated rings. The average molecular weight is 860 g/mol. The number of benzene rings is 4. The van der Waals surface area contributed by atoms with Gasteiger partial charge in [0, 0.05) is 74.3 Å². The molecule has 0 radical (unpaired) electrons. The second-order valence-electron chi connectivity index (χ2n) is 18.3. The van der Waals surface area contributed by atoms with Gasteiger partial charge in [-0.15, -0.1) is 0 Å². The fourth-order valence-electron chi connectivity index (χ4n) is 8.24. The minimum absolute atomic E-state index is 0.0145. The Kier molecular flexibility index (Phi) is 13.3. The topological polar surface area (TPSA) is 145 Å². The number of nitrogens with zero attached hydrogens (tertiary/aromatic N) is 2. The molecule has 7 rings (SSSR count). The molecule has 0 aliphatic carbocycles. The van der Waals surface area contributed by atoms with E-state index in [1.54, 1.807) is 19.2 Å². The number of aromatic amines is 1. The first-order valence-corrected chi connectivity index (χ1v) is 24.6. The van der Waals surface area contributed by atoms with E-state index < -0.39 is 20.0 Å². The number of amides is 2. The highest BCUT2D eigenvalue weighted by atomic mass is 28.4. The minimum Gasteiger partial charge on any atom is -0.506 e. The van der Waals surface area contributed by atoms with Gasteiger partial charge in [0.05, 0.1) is 30.1 Å². The maximum atomic E-state index is 13.7. The van der Waals surface area contributed by atoms with Gasteiger partial charge in [-0.3, -0.25) is 14.9 Å². The number of nitrogens with one attached hydrogen (secondary N) is 3. The van der Waals surface area contributed by atoms with E-state index in [2.05, 4.69) is 60.4 Å². The Bertz CT molecular complexity index is 2460. The number of carbonyl (C=O) groups excluding carboxylic acids is 2. The number of aromatic nitrogens is 1. The predicted octanol–water partition coefficient (Wildman–Crippen LogP) is 9.14. The number of para-hydroxylation sites is 1. The number of piperidine rings is 1. The first-order valence-electron chi connectivity index (χ1n) is 21.6. The average Bonchev–Trinajstić information content (AvgIpc) is 3.66. The molecule has 2 amide bonds. The lowest BCUT2D eigenvalue weighted by Gasteiger charge is -2.39. The Hall–Kier alpha value is -5.47. The van der Waals surface area contributed by atoms with Crippen molar-refractivity contribution in [2.24, 2.45) is 0 Å². The Morgan fingerprint density at radius 3 is 2.40 bits per heavy atom. The van der Waals surface area contributed by atoms with Crippen molar-refractivity contribution in [1.29, 1.82) is 0 Å². The van der Waals surface area contributed by atoms with Crippen LogP contribution in [-0.2, 0) is 26.9 Å². The number of H-pyrrole nitrogens is 1. The van der Waals surface area contributed by atoms with Gasteiger partial charge < -0.3 is 39.1 Å². The first-order chi connectivity index (χ1) is 29.5. The van der Waals surface area contributed by atoms with Crippen LogP contribution in [0, 0.1) is 0 Å². The third-order valence-corrected chi connectivity index (χ3v) is 17.4. The highest BCUT2D eigenvalue weighted by Gasteiger charge is 2.40. The number of rotatable bonds is 14. The zero-order valence-corrected chi connectivity index (χ0v) is 38.1. The van der Waals surface area contributed by atoms with Crippen LogP contribution >= 0.6 is 0 Å². The van der Waals surface area contributed by atoms with Gasteiger partial charge in [-0.2, -0.15) is 0 Å². The van der Waals surface area contributed by atoms with Gasteiger partial charge >= 0.3 is 6.09 Å². The largest absolute Gasteiger partial charge is 0.506 e. The third kappa shape index (κ3) is 10.1. The van der Waals surface area contributed by atoms with E-state index in [1.165, 1.54) is 6.07 Å². The summed E-state index contributed by atoms with van der Waals surface area (Å²) in [5.74, 6) is 0.792. The lowest BCUT2D eigenvalue weighted by molar-refractivity contribution is -0.119. The van der Waals surface area contributed by atoms with Gasteiger partial charge in [0.2, 0.25) is 11.5 Å². The van der Waals surface area contributed by atoms with Crippen LogP contribution in [-0.4, -0.2) is 80.7 Å². The Morgan fingerprint density at radius 1 is 0.952 bits per heavy atom. The molecule has 5 aromatic rings. The quantitative estimate of drug-likeness (QED) is 0.0804. The van der Waals surface area contributed by atoms with Crippen molar-refractivity contribution in [3.05, 3.63) is 118 Å². The molecule has 3 heterocycles. The minimum atomic E-state index is -2.26. The maximum absolute atomic E-state index is 13.7. The fourth-order valence-corrected chi connectivity index (χ4v) is 9.52. The van der Waals surface area contributed by atoms with Crippen molar-refractivity contribution in [1.82, 2.24) is 15.2 Å². The molecule has 1 aromatic heterocycles.